The summed E-state index contributed by atoms with van der Waals surface area (Å²) < 4.78 is 0. The largest absolute Gasteiger partial charge is 0.383 e. The van der Waals surface area contributed by atoms with Crippen molar-refractivity contribution in [3.05, 3.63) is 28.8 Å². The molecular formula is C15H21ClN2. The fraction of sp³-hybridized carbons (Fsp3) is 0.533. The van der Waals surface area contributed by atoms with Crippen LogP contribution >= 0.6 is 11.6 Å². The van der Waals surface area contributed by atoms with Crippen molar-refractivity contribution in [3.8, 4) is 6.07 Å². The quantitative estimate of drug-likeness (QED) is 0.705. The molecule has 98 valence electrons. The highest BCUT2D eigenvalue weighted by molar-refractivity contribution is 6.32. The number of benzene rings is 1. The Kier molecular flexibility index (Phi) is 6.60. The van der Waals surface area contributed by atoms with Gasteiger partial charge in [-0.05, 0) is 31.5 Å². The summed E-state index contributed by atoms with van der Waals surface area (Å²) in [5.41, 5.74) is 1.51. The minimum Gasteiger partial charge on any atom is -0.383 e. The van der Waals surface area contributed by atoms with Gasteiger partial charge in [-0.1, -0.05) is 44.2 Å². The van der Waals surface area contributed by atoms with E-state index in [0.29, 0.717) is 16.6 Å². The molecule has 0 aromatic heterocycles. The minimum atomic E-state index is 0.436. The predicted molar refractivity (Wildman–Crippen MR) is 78.0 cm³/mol. The number of nitrogens with zero attached hydrogens (tertiary/aromatic N) is 1. The van der Waals surface area contributed by atoms with Crippen LogP contribution in [0.15, 0.2) is 18.2 Å². The van der Waals surface area contributed by atoms with Gasteiger partial charge in [0.1, 0.15) is 6.07 Å². The number of hydrogen-bond donors (Lipinski definition) is 1. The molecule has 0 saturated carbocycles. The number of anilines is 1. The summed E-state index contributed by atoms with van der Waals surface area (Å²) >= 11 is 6.00. The molecule has 1 rings (SSSR count). The van der Waals surface area contributed by atoms with E-state index >= 15 is 0 Å². The Bertz CT molecular complexity index is 409. The van der Waals surface area contributed by atoms with E-state index in [0.717, 1.165) is 12.1 Å². The van der Waals surface area contributed by atoms with Gasteiger partial charge in [-0.15, -0.1) is 0 Å². The molecule has 1 N–H and O–H groups in total. The summed E-state index contributed by atoms with van der Waals surface area (Å²) in [4.78, 5) is 0. The number of nitriles is 1. The Balaban J connectivity index is 2.42. The van der Waals surface area contributed by atoms with E-state index in [2.05, 4.69) is 25.2 Å². The maximum atomic E-state index is 8.80. The van der Waals surface area contributed by atoms with Gasteiger partial charge >= 0.3 is 0 Å². The topological polar surface area (TPSA) is 35.8 Å². The molecule has 0 bridgehead atoms. The van der Waals surface area contributed by atoms with E-state index < -0.39 is 0 Å². The van der Waals surface area contributed by atoms with Crippen molar-refractivity contribution >= 4 is 17.3 Å². The minimum absolute atomic E-state index is 0.436. The summed E-state index contributed by atoms with van der Waals surface area (Å²) in [5.74, 6) is 0. The molecule has 3 heteroatoms. The maximum absolute atomic E-state index is 8.80. The van der Waals surface area contributed by atoms with E-state index in [9.17, 15) is 0 Å². The van der Waals surface area contributed by atoms with Gasteiger partial charge < -0.3 is 5.32 Å². The van der Waals surface area contributed by atoms with E-state index in [1.54, 1.807) is 6.07 Å². The van der Waals surface area contributed by atoms with Crippen LogP contribution in [0.3, 0.4) is 0 Å². The third-order valence-electron chi connectivity index (χ3n) is 2.99. The van der Waals surface area contributed by atoms with E-state index in [4.69, 9.17) is 16.9 Å². The Hall–Kier alpha value is -1.20. The summed E-state index contributed by atoms with van der Waals surface area (Å²) in [5, 5.41) is 12.7. The standard InChI is InChI=1S/C15H21ClN2/c1-3-4-5-6-7-12(2)18-14-9-8-13(11-17)15(16)10-14/h8-10,12,18H,3-7H2,1-2H3. The number of halogens is 1. The van der Waals surface area contributed by atoms with Crippen molar-refractivity contribution in [3.63, 3.8) is 0 Å². The molecule has 0 spiro atoms. The molecule has 0 amide bonds. The Morgan fingerprint density at radius 3 is 2.72 bits per heavy atom. The molecule has 1 aromatic carbocycles. The van der Waals surface area contributed by atoms with Crippen LogP contribution in [0.4, 0.5) is 5.69 Å². The molecule has 0 fully saturated rings. The van der Waals surface area contributed by atoms with Crippen molar-refractivity contribution in [2.45, 2.75) is 52.0 Å². The first kappa shape index (κ1) is 14.9. The number of nitrogens with one attached hydrogen (secondary N) is 1. The zero-order chi connectivity index (χ0) is 13.4. The van der Waals surface area contributed by atoms with Crippen LogP contribution in [0.5, 0.6) is 0 Å². The van der Waals surface area contributed by atoms with E-state index in [1.807, 2.05) is 12.1 Å². The molecule has 0 aliphatic rings. The van der Waals surface area contributed by atoms with Crippen LogP contribution in [0.1, 0.15) is 51.5 Å². The highest BCUT2D eigenvalue weighted by Gasteiger charge is 2.04. The average Bonchev–Trinajstić information content (AvgIpc) is 2.35. The molecule has 1 unspecified atom stereocenters. The smallest absolute Gasteiger partial charge is 0.101 e. The Labute approximate surface area is 115 Å². The molecule has 0 heterocycles. The monoisotopic (exact) mass is 264 g/mol. The maximum Gasteiger partial charge on any atom is 0.101 e. The molecule has 0 radical (unpaired) electrons. The van der Waals surface area contributed by atoms with E-state index in [-0.39, 0.29) is 0 Å². The first-order valence-corrected chi connectivity index (χ1v) is 7.01. The summed E-state index contributed by atoms with van der Waals surface area (Å²) in [7, 11) is 0. The molecule has 0 aliphatic heterocycles. The zero-order valence-corrected chi connectivity index (χ0v) is 11.9. The molecule has 18 heavy (non-hydrogen) atoms. The van der Waals surface area contributed by atoms with Crippen LogP contribution in [-0.4, -0.2) is 6.04 Å². The van der Waals surface area contributed by atoms with Gasteiger partial charge in [-0.25, -0.2) is 0 Å². The number of unbranched alkanes of at least 4 members (excludes halogenated alkanes) is 3. The van der Waals surface area contributed by atoms with Gasteiger partial charge in [0.05, 0.1) is 10.6 Å². The third-order valence-corrected chi connectivity index (χ3v) is 3.31. The van der Waals surface area contributed by atoms with Crippen LogP contribution in [0.2, 0.25) is 5.02 Å². The van der Waals surface area contributed by atoms with Gasteiger partial charge in [0, 0.05) is 11.7 Å². The van der Waals surface area contributed by atoms with Gasteiger partial charge in [-0.2, -0.15) is 5.26 Å². The Morgan fingerprint density at radius 1 is 1.33 bits per heavy atom. The lowest BCUT2D eigenvalue weighted by Crippen LogP contribution is -2.14. The van der Waals surface area contributed by atoms with Crippen LogP contribution in [-0.2, 0) is 0 Å². The Morgan fingerprint density at radius 2 is 2.11 bits per heavy atom. The molecular weight excluding hydrogens is 244 g/mol. The molecule has 1 atom stereocenters. The second kappa shape index (κ2) is 8.00. The van der Waals surface area contributed by atoms with Crippen molar-refractivity contribution in [1.82, 2.24) is 0 Å². The SMILES string of the molecule is CCCCCCC(C)Nc1ccc(C#N)c(Cl)c1. The highest BCUT2D eigenvalue weighted by Crippen LogP contribution is 2.21. The van der Waals surface area contributed by atoms with Crippen molar-refractivity contribution in [1.29, 1.82) is 5.26 Å². The molecule has 0 aliphatic carbocycles. The lowest BCUT2D eigenvalue weighted by molar-refractivity contribution is 0.594. The molecule has 0 saturated heterocycles. The van der Waals surface area contributed by atoms with Gasteiger partial charge in [-0.3, -0.25) is 0 Å². The van der Waals surface area contributed by atoms with Gasteiger partial charge in [0.25, 0.3) is 0 Å². The second-order valence-corrected chi connectivity index (χ2v) is 5.11. The van der Waals surface area contributed by atoms with Crippen LogP contribution in [0.25, 0.3) is 0 Å². The van der Waals surface area contributed by atoms with Crippen molar-refractivity contribution in [2.24, 2.45) is 0 Å². The number of rotatable bonds is 7. The normalized spacial score (nSPS) is 11.9. The van der Waals surface area contributed by atoms with E-state index in [1.165, 1.54) is 25.7 Å². The first-order chi connectivity index (χ1) is 8.67. The first-order valence-electron chi connectivity index (χ1n) is 6.63. The molecule has 1 aromatic rings. The molecule has 2 nitrogen and oxygen atoms in total. The van der Waals surface area contributed by atoms with Crippen molar-refractivity contribution < 1.29 is 0 Å². The summed E-state index contributed by atoms with van der Waals surface area (Å²) in [6, 6.07) is 7.99. The van der Waals surface area contributed by atoms with Crippen LogP contribution in [0, 0.1) is 11.3 Å². The zero-order valence-electron chi connectivity index (χ0n) is 11.2. The van der Waals surface area contributed by atoms with Crippen LogP contribution < -0.4 is 5.32 Å². The third kappa shape index (κ3) is 4.98. The highest BCUT2D eigenvalue weighted by atomic mass is 35.5. The lowest BCUT2D eigenvalue weighted by atomic mass is 10.1. The lowest BCUT2D eigenvalue weighted by Gasteiger charge is -2.15. The van der Waals surface area contributed by atoms with Crippen molar-refractivity contribution in [2.75, 3.05) is 5.32 Å². The second-order valence-electron chi connectivity index (χ2n) is 4.70. The number of hydrogen-bond acceptors (Lipinski definition) is 2. The van der Waals surface area contributed by atoms with Gasteiger partial charge in [0.15, 0.2) is 0 Å². The fourth-order valence-electron chi connectivity index (χ4n) is 1.93. The summed E-state index contributed by atoms with van der Waals surface area (Å²) in [6.07, 6.45) is 6.31. The average molecular weight is 265 g/mol. The summed E-state index contributed by atoms with van der Waals surface area (Å²) in [6.45, 7) is 4.40. The van der Waals surface area contributed by atoms with Gasteiger partial charge in [0.2, 0.25) is 0 Å². The fourth-order valence-corrected chi connectivity index (χ4v) is 2.15. The predicted octanol–water partition coefficient (Wildman–Crippen LogP) is 4.98.